The fourth-order valence-corrected chi connectivity index (χ4v) is 4.71. The Balaban J connectivity index is 1.82. The fourth-order valence-electron chi connectivity index (χ4n) is 3.78. The molecule has 0 aliphatic carbocycles. The van der Waals surface area contributed by atoms with Crippen LogP contribution in [0.1, 0.15) is 35.2 Å². The van der Waals surface area contributed by atoms with Crippen molar-refractivity contribution in [2.75, 3.05) is 52.3 Å². The molecule has 0 spiro atoms. The number of benzene rings is 2. The van der Waals surface area contributed by atoms with Gasteiger partial charge in [-0.3, -0.25) is 4.79 Å². The first-order valence-electron chi connectivity index (χ1n) is 11.0. The number of rotatable bonds is 8. The molecule has 1 aliphatic rings. The highest BCUT2D eigenvalue weighted by molar-refractivity contribution is 7.89. The van der Waals surface area contributed by atoms with E-state index < -0.39 is 10.0 Å². The largest absolute Gasteiger partial charge is 0.492 e. The Labute approximate surface area is 191 Å². The molecule has 0 radical (unpaired) electrons. The molecular formula is C24H33N3O4S. The first kappa shape index (κ1) is 24.1. The molecule has 2 aromatic rings. The second kappa shape index (κ2) is 10.4. The zero-order chi connectivity index (χ0) is 23.3. The van der Waals surface area contributed by atoms with E-state index in [1.165, 1.54) is 26.6 Å². The molecule has 3 rings (SSSR count). The van der Waals surface area contributed by atoms with Crippen LogP contribution in [0.4, 0.5) is 5.69 Å². The standard InChI is InChI=1S/C24H33N3O4S/c1-19-9-8-10-20(17-19)31-16-15-26(4)24(28)22-18-21(32(29,30)25(2)3)11-12-23(22)27-13-6-5-7-14-27/h8-12,17-18H,5-7,13-16H2,1-4H3. The highest BCUT2D eigenvalue weighted by Gasteiger charge is 2.25. The van der Waals surface area contributed by atoms with Crippen molar-refractivity contribution in [1.29, 1.82) is 0 Å². The van der Waals surface area contributed by atoms with Crippen molar-refractivity contribution >= 4 is 21.6 Å². The maximum Gasteiger partial charge on any atom is 0.255 e. The van der Waals surface area contributed by atoms with Gasteiger partial charge in [-0.25, -0.2) is 12.7 Å². The van der Waals surface area contributed by atoms with Crippen molar-refractivity contribution in [1.82, 2.24) is 9.21 Å². The van der Waals surface area contributed by atoms with Gasteiger partial charge in [0.1, 0.15) is 12.4 Å². The van der Waals surface area contributed by atoms with Crippen molar-refractivity contribution in [3.8, 4) is 5.75 Å². The molecule has 1 saturated heterocycles. The normalized spacial score (nSPS) is 14.5. The van der Waals surface area contributed by atoms with Crippen LogP contribution in [0.15, 0.2) is 47.4 Å². The van der Waals surface area contributed by atoms with Crippen LogP contribution in [0.2, 0.25) is 0 Å². The van der Waals surface area contributed by atoms with Crippen LogP contribution in [0.3, 0.4) is 0 Å². The second-order valence-electron chi connectivity index (χ2n) is 8.41. The number of amides is 1. The molecule has 0 unspecified atom stereocenters. The van der Waals surface area contributed by atoms with E-state index in [9.17, 15) is 13.2 Å². The van der Waals surface area contributed by atoms with E-state index in [0.29, 0.717) is 18.7 Å². The number of aryl methyl sites for hydroxylation is 1. The van der Waals surface area contributed by atoms with Gasteiger partial charge in [0.05, 0.1) is 17.0 Å². The number of piperidine rings is 1. The Kier molecular flexibility index (Phi) is 7.79. The van der Waals surface area contributed by atoms with Crippen molar-refractivity contribution < 1.29 is 17.9 Å². The predicted octanol–water partition coefficient (Wildman–Crippen LogP) is 3.39. The summed E-state index contributed by atoms with van der Waals surface area (Å²) in [6, 6.07) is 12.6. The van der Waals surface area contributed by atoms with Crippen molar-refractivity contribution in [2.45, 2.75) is 31.1 Å². The second-order valence-corrected chi connectivity index (χ2v) is 10.6. The van der Waals surface area contributed by atoms with E-state index in [-0.39, 0.29) is 10.8 Å². The molecule has 32 heavy (non-hydrogen) atoms. The molecule has 1 aliphatic heterocycles. The molecule has 174 valence electrons. The third kappa shape index (κ3) is 5.61. The Morgan fingerprint density at radius 3 is 2.41 bits per heavy atom. The van der Waals surface area contributed by atoms with Gasteiger partial charge in [0.15, 0.2) is 0 Å². The maximum absolute atomic E-state index is 13.4. The average molecular weight is 460 g/mol. The number of carbonyl (C=O) groups excluding carboxylic acids is 1. The zero-order valence-electron chi connectivity index (χ0n) is 19.4. The Bertz CT molecular complexity index is 1050. The van der Waals surface area contributed by atoms with Crippen molar-refractivity contribution in [2.24, 2.45) is 0 Å². The predicted molar refractivity (Wildman–Crippen MR) is 127 cm³/mol. The van der Waals surface area contributed by atoms with Gasteiger partial charge in [-0.1, -0.05) is 12.1 Å². The molecule has 0 atom stereocenters. The number of hydrogen-bond acceptors (Lipinski definition) is 5. The van der Waals surface area contributed by atoms with Crippen LogP contribution in [0.25, 0.3) is 0 Å². The van der Waals surface area contributed by atoms with E-state index >= 15 is 0 Å². The third-order valence-electron chi connectivity index (χ3n) is 5.71. The Hall–Kier alpha value is -2.58. The van der Waals surface area contributed by atoms with Gasteiger partial charge in [-0.05, 0) is 62.1 Å². The van der Waals surface area contributed by atoms with Crippen LogP contribution in [0, 0.1) is 6.92 Å². The smallest absolute Gasteiger partial charge is 0.255 e. The molecule has 8 heteroatoms. The molecule has 0 saturated carbocycles. The number of nitrogens with zero attached hydrogens (tertiary/aromatic N) is 3. The molecule has 1 heterocycles. The number of carbonyl (C=O) groups is 1. The summed E-state index contributed by atoms with van der Waals surface area (Å²) in [6.45, 7) is 4.46. The van der Waals surface area contributed by atoms with Crippen molar-refractivity contribution in [3.05, 3.63) is 53.6 Å². The minimum Gasteiger partial charge on any atom is -0.492 e. The van der Waals surface area contributed by atoms with E-state index in [1.54, 1.807) is 24.1 Å². The molecular weight excluding hydrogens is 426 g/mol. The number of ether oxygens (including phenoxy) is 1. The monoisotopic (exact) mass is 459 g/mol. The molecule has 0 aromatic heterocycles. The Morgan fingerprint density at radius 2 is 1.75 bits per heavy atom. The van der Waals surface area contributed by atoms with Gasteiger partial charge in [0.25, 0.3) is 5.91 Å². The maximum atomic E-state index is 13.4. The molecule has 1 amide bonds. The first-order chi connectivity index (χ1) is 15.2. The lowest BCUT2D eigenvalue weighted by atomic mass is 10.1. The molecule has 2 aromatic carbocycles. The van der Waals surface area contributed by atoms with Crippen molar-refractivity contribution in [3.63, 3.8) is 0 Å². The lowest BCUT2D eigenvalue weighted by molar-refractivity contribution is 0.0774. The van der Waals surface area contributed by atoms with Crippen LogP contribution in [-0.4, -0.2) is 70.9 Å². The van der Waals surface area contributed by atoms with E-state index in [2.05, 4.69) is 4.90 Å². The lowest BCUT2D eigenvalue weighted by Crippen LogP contribution is -2.35. The summed E-state index contributed by atoms with van der Waals surface area (Å²) in [5.74, 6) is 0.549. The van der Waals surface area contributed by atoms with Crippen LogP contribution in [0.5, 0.6) is 5.75 Å². The van der Waals surface area contributed by atoms with E-state index in [0.717, 1.165) is 47.2 Å². The summed E-state index contributed by atoms with van der Waals surface area (Å²) >= 11 is 0. The van der Waals surface area contributed by atoms with Gasteiger partial charge in [-0.2, -0.15) is 0 Å². The van der Waals surface area contributed by atoms with E-state index in [4.69, 9.17) is 4.74 Å². The lowest BCUT2D eigenvalue weighted by Gasteiger charge is -2.31. The van der Waals surface area contributed by atoms with Crippen LogP contribution < -0.4 is 9.64 Å². The number of likely N-dealkylation sites (N-methyl/N-ethyl adjacent to an activating group) is 1. The summed E-state index contributed by atoms with van der Waals surface area (Å²) < 4.78 is 32.3. The summed E-state index contributed by atoms with van der Waals surface area (Å²) in [6.07, 6.45) is 3.29. The third-order valence-corrected chi connectivity index (χ3v) is 7.52. The Morgan fingerprint density at radius 1 is 1.03 bits per heavy atom. The SMILES string of the molecule is Cc1cccc(OCCN(C)C(=O)c2cc(S(=O)(=O)N(C)C)ccc2N2CCCCC2)c1. The first-order valence-corrected chi connectivity index (χ1v) is 12.4. The molecule has 7 nitrogen and oxygen atoms in total. The van der Waals surface area contributed by atoms with Gasteiger partial charge >= 0.3 is 0 Å². The average Bonchev–Trinajstić information content (AvgIpc) is 2.78. The quantitative estimate of drug-likeness (QED) is 0.605. The highest BCUT2D eigenvalue weighted by Crippen LogP contribution is 2.28. The molecule has 1 fully saturated rings. The highest BCUT2D eigenvalue weighted by atomic mass is 32.2. The number of sulfonamides is 1. The van der Waals surface area contributed by atoms with Gasteiger partial charge in [0.2, 0.25) is 10.0 Å². The van der Waals surface area contributed by atoms with Gasteiger partial charge < -0.3 is 14.5 Å². The zero-order valence-corrected chi connectivity index (χ0v) is 20.2. The van der Waals surface area contributed by atoms with Crippen LogP contribution >= 0.6 is 0 Å². The van der Waals surface area contributed by atoms with E-state index in [1.807, 2.05) is 31.2 Å². The topological polar surface area (TPSA) is 70.2 Å². The van der Waals surface area contributed by atoms with Gasteiger partial charge in [-0.15, -0.1) is 0 Å². The number of anilines is 1. The van der Waals surface area contributed by atoms with Gasteiger partial charge in [0, 0.05) is 39.9 Å². The summed E-state index contributed by atoms with van der Waals surface area (Å²) in [5.41, 5.74) is 2.31. The summed E-state index contributed by atoms with van der Waals surface area (Å²) in [4.78, 5) is 17.3. The molecule has 0 bridgehead atoms. The summed E-state index contributed by atoms with van der Waals surface area (Å²) in [5, 5.41) is 0. The minimum atomic E-state index is -3.64. The minimum absolute atomic E-state index is 0.121. The fraction of sp³-hybridized carbons (Fsp3) is 0.458. The number of hydrogen-bond donors (Lipinski definition) is 0. The molecule has 0 N–H and O–H groups in total. The summed E-state index contributed by atoms with van der Waals surface area (Å²) in [7, 11) is 1.05. The van der Waals surface area contributed by atoms with Crippen LogP contribution in [-0.2, 0) is 10.0 Å².